The molecule has 0 fully saturated rings. The normalized spacial score (nSPS) is 13.4. The average Bonchev–Trinajstić information content (AvgIpc) is 2.66. The molecule has 0 saturated carbocycles. The molecule has 0 bridgehead atoms. The van der Waals surface area contributed by atoms with Gasteiger partial charge in [-0.3, -0.25) is 14.9 Å². The van der Waals surface area contributed by atoms with E-state index >= 15 is 0 Å². The van der Waals surface area contributed by atoms with Crippen molar-refractivity contribution in [3.8, 4) is 5.75 Å². The van der Waals surface area contributed by atoms with Gasteiger partial charge in [0.25, 0.3) is 5.69 Å². The second-order valence-electron chi connectivity index (χ2n) is 6.32. The Morgan fingerprint density at radius 2 is 1.92 bits per heavy atom. The third kappa shape index (κ3) is 4.02. The number of fused-ring (bicyclic) bond motifs is 1. The molecule has 6 nitrogen and oxygen atoms in total. The number of nitro benzene ring substituents is 1. The number of carbonyl (C=O) groups is 1. The van der Waals surface area contributed by atoms with Crippen molar-refractivity contribution in [3.63, 3.8) is 0 Å². The van der Waals surface area contributed by atoms with Gasteiger partial charge in [0.1, 0.15) is 5.75 Å². The maximum atomic E-state index is 12.3. The molecule has 1 aliphatic heterocycles. The number of aryl methyl sites for hydroxylation is 2. The van der Waals surface area contributed by atoms with Crippen molar-refractivity contribution in [3.05, 3.63) is 63.7 Å². The first-order valence-corrected chi connectivity index (χ1v) is 8.88. The van der Waals surface area contributed by atoms with Crippen LogP contribution in [0.4, 0.5) is 11.4 Å². The van der Waals surface area contributed by atoms with Gasteiger partial charge >= 0.3 is 0 Å². The molecule has 1 amide bonds. The molecule has 2 aromatic carbocycles. The first-order chi connectivity index (χ1) is 12.6. The van der Waals surface area contributed by atoms with Gasteiger partial charge in [-0.05, 0) is 48.6 Å². The Morgan fingerprint density at radius 1 is 1.15 bits per heavy atom. The van der Waals surface area contributed by atoms with Gasteiger partial charge in [-0.25, -0.2) is 0 Å². The Balaban J connectivity index is 1.59. The number of rotatable bonds is 7. The Bertz CT molecular complexity index is 802. The summed E-state index contributed by atoms with van der Waals surface area (Å²) in [6.45, 7) is 3.16. The van der Waals surface area contributed by atoms with Gasteiger partial charge in [0.2, 0.25) is 5.91 Å². The molecule has 0 atom stereocenters. The fourth-order valence-corrected chi connectivity index (χ4v) is 3.14. The largest absolute Gasteiger partial charge is 0.494 e. The summed E-state index contributed by atoms with van der Waals surface area (Å²) in [7, 11) is 0. The van der Waals surface area contributed by atoms with Crippen LogP contribution >= 0.6 is 0 Å². The first kappa shape index (κ1) is 17.9. The zero-order valence-corrected chi connectivity index (χ0v) is 14.8. The zero-order chi connectivity index (χ0) is 18.5. The van der Waals surface area contributed by atoms with Crippen molar-refractivity contribution in [1.29, 1.82) is 0 Å². The predicted molar refractivity (Wildman–Crippen MR) is 99.7 cm³/mol. The van der Waals surface area contributed by atoms with Crippen LogP contribution in [0.5, 0.6) is 5.75 Å². The molecular weight excluding hydrogens is 332 g/mol. The Kier molecular flexibility index (Phi) is 5.51. The third-order valence-corrected chi connectivity index (χ3v) is 4.60. The molecule has 0 aromatic heterocycles. The Hall–Kier alpha value is -2.89. The summed E-state index contributed by atoms with van der Waals surface area (Å²) >= 11 is 0. The molecule has 1 aliphatic rings. The van der Waals surface area contributed by atoms with E-state index in [-0.39, 0.29) is 11.6 Å². The van der Waals surface area contributed by atoms with Crippen molar-refractivity contribution in [2.75, 3.05) is 18.1 Å². The molecular formula is C20H22N2O4. The van der Waals surface area contributed by atoms with Crippen LogP contribution in [0.1, 0.15) is 30.9 Å². The molecule has 0 spiro atoms. The lowest BCUT2D eigenvalue weighted by Crippen LogP contribution is -2.36. The highest BCUT2D eigenvalue weighted by atomic mass is 16.6. The van der Waals surface area contributed by atoms with E-state index in [4.69, 9.17) is 4.74 Å². The van der Waals surface area contributed by atoms with Crippen molar-refractivity contribution in [2.24, 2.45) is 0 Å². The fourth-order valence-electron chi connectivity index (χ4n) is 3.14. The summed E-state index contributed by atoms with van der Waals surface area (Å²) in [4.78, 5) is 24.5. The summed E-state index contributed by atoms with van der Waals surface area (Å²) in [5.74, 6) is 0.877. The molecule has 0 saturated heterocycles. The van der Waals surface area contributed by atoms with E-state index in [2.05, 4.69) is 6.92 Å². The molecule has 2 aromatic rings. The number of hydrogen-bond acceptors (Lipinski definition) is 4. The molecule has 136 valence electrons. The number of amides is 1. The predicted octanol–water partition coefficient (Wildman–Crippen LogP) is 3.91. The number of nitrogens with zero attached hydrogens (tertiary/aromatic N) is 2. The molecule has 26 heavy (non-hydrogen) atoms. The molecule has 6 heteroatoms. The van der Waals surface area contributed by atoms with E-state index in [1.54, 1.807) is 17.0 Å². The van der Waals surface area contributed by atoms with Crippen LogP contribution in [-0.2, 0) is 17.6 Å². The SMILES string of the molecule is CCc1ccc(OCCCN2C(=O)CCc3cc([N+](=O)[O-])ccc32)cc1. The van der Waals surface area contributed by atoms with Gasteiger partial charge in [0.15, 0.2) is 0 Å². The van der Waals surface area contributed by atoms with Gasteiger partial charge in [-0.2, -0.15) is 0 Å². The number of benzene rings is 2. The lowest BCUT2D eigenvalue weighted by Gasteiger charge is -2.29. The minimum atomic E-state index is -0.404. The molecule has 3 rings (SSSR count). The van der Waals surface area contributed by atoms with Crippen molar-refractivity contribution in [2.45, 2.75) is 32.6 Å². The minimum absolute atomic E-state index is 0.0543. The van der Waals surface area contributed by atoms with E-state index in [0.29, 0.717) is 32.4 Å². The van der Waals surface area contributed by atoms with Crippen LogP contribution in [-0.4, -0.2) is 24.0 Å². The highest BCUT2D eigenvalue weighted by molar-refractivity contribution is 5.96. The average molecular weight is 354 g/mol. The molecule has 0 unspecified atom stereocenters. The zero-order valence-electron chi connectivity index (χ0n) is 14.8. The van der Waals surface area contributed by atoms with Gasteiger partial charge in [0.05, 0.1) is 11.5 Å². The number of hydrogen-bond donors (Lipinski definition) is 0. The quantitative estimate of drug-likeness (QED) is 0.429. The van der Waals surface area contributed by atoms with Gasteiger partial charge in [-0.15, -0.1) is 0 Å². The number of ether oxygens (including phenoxy) is 1. The second-order valence-corrected chi connectivity index (χ2v) is 6.32. The van der Waals surface area contributed by atoms with Gasteiger partial charge < -0.3 is 9.64 Å². The van der Waals surface area contributed by atoms with Gasteiger partial charge in [0, 0.05) is 30.8 Å². The monoisotopic (exact) mass is 354 g/mol. The summed E-state index contributed by atoms with van der Waals surface area (Å²) in [5, 5.41) is 10.9. The maximum absolute atomic E-state index is 12.3. The topological polar surface area (TPSA) is 72.7 Å². The van der Waals surface area contributed by atoms with Crippen LogP contribution in [0.2, 0.25) is 0 Å². The maximum Gasteiger partial charge on any atom is 0.269 e. The summed E-state index contributed by atoms with van der Waals surface area (Å²) < 4.78 is 5.74. The fraction of sp³-hybridized carbons (Fsp3) is 0.350. The van der Waals surface area contributed by atoms with Crippen molar-refractivity contribution < 1.29 is 14.5 Å². The first-order valence-electron chi connectivity index (χ1n) is 8.88. The van der Waals surface area contributed by atoms with Gasteiger partial charge in [-0.1, -0.05) is 19.1 Å². The molecule has 0 N–H and O–H groups in total. The lowest BCUT2D eigenvalue weighted by molar-refractivity contribution is -0.384. The summed E-state index contributed by atoms with van der Waals surface area (Å²) in [5.41, 5.74) is 2.97. The number of anilines is 1. The van der Waals surface area contributed by atoms with Crippen LogP contribution in [0.25, 0.3) is 0 Å². The summed E-state index contributed by atoms with van der Waals surface area (Å²) in [6.07, 6.45) is 2.62. The molecule has 1 heterocycles. The minimum Gasteiger partial charge on any atom is -0.494 e. The van der Waals surface area contributed by atoms with Crippen molar-refractivity contribution >= 4 is 17.3 Å². The van der Waals surface area contributed by atoms with E-state index in [0.717, 1.165) is 23.4 Å². The van der Waals surface area contributed by atoms with E-state index in [1.165, 1.54) is 11.6 Å². The van der Waals surface area contributed by atoms with Crippen LogP contribution < -0.4 is 9.64 Å². The lowest BCUT2D eigenvalue weighted by atomic mass is 10.0. The number of nitro groups is 1. The van der Waals surface area contributed by atoms with Crippen LogP contribution in [0.3, 0.4) is 0 Å². The number of non-ortho nitro benzene ring substituents is 1. The van der Waals surface area contributed by atoms with E-state index in [1.807, 2.05) is 24.3 Å². The van der Waals surface area contributed by atoms with E-state index in [9.17, 15) is 14.9 Å². The van der Waals surface area contributed by atoms with Crippen LogP contribution in [0, 0.1) is 10.1 Å². The van der Waals surface area contributed by atoms with Crippen LogP contribution in [0.15, 0.2) is 42.5 Å². The second kappa shape index (κ2) is 7.99. The Labute approximate surface area is 152 Å². The van der Waals surface area contributed by atoms with E-state index < -0.39 is 4.92 Å². The highest BCUT2D eigenvalue weighted by Crippen LogP contribution is 2.31. The standard InChI is InChI=1S/C20H22N2O4/c1-2-15-4-8-18(9-5-15)26-13-3-12-21-19-10-7-17(22(24)25)14-16(19)6-11-20(21)23/h4-5,7-10,14H,2-3,6,11-13H2,1H3. The third-order valence-electron chi connectivity index (χ3n) is 4.60. The smallest absolute Gasteiger partial charge is 0.269 e. The highest BCUT2D eigenvalue weighted by Gasteiger charge is 2.25. The molecule has 0 aliphatic carbocycles. The number of carbonyl (C=O) groups excluding carboxylic acids is 1. The summed E-state index contributed by atoms with van der Waals surface area (Å²) in [6, 6.07) is 12.7. The Morgan fingerprint density at radius 3 is 2.62 bits per heavy atom. The van der Waals surface area contributed by atoms with Crippen molar-refractivity contribution in [1.82, 2.24) is 0 Å². The molecule has 0 radical (unpaired) electrons.